The highest BCUT2D eigenvalue weighted by atomic mass is 31.2. The summed E-state index contributed by atoms with van der Waals surface area (Å²) in [7, 11) is -9.61. The van der Waals surface area contributed by atoms with Gasteiger partial charge in [0.2, 0.25) is 0 Å². The zero-order chi connectivity index (χ0) is 53.1. The van der Waals surface area contributed by atoms with Crippen LogP contribution < -0.4 is 0 Å². The van der Waals surface area contributed by atoms with Crippen molar-refractivity contribution in [2.45, 2.75) is 186 Å². The number of phosphoric ester groups is 2. The Hall–Kier alpha value is -3.30. The van der Waals surface area contributed by atoms with Gasteiger partial charge in [-0.15, -0.1) is 0 Å². The number of ether oxygens (including phenoxy) is 2. The minimum Gasteiger partial charge on any atom is -0.463 e. The van der Waals surface area contributed by atoms with Gasteiger partial charge in [0.05, 0.1) is 26.4 Å². The first kappa shape index (κ1) is 68.7. The van der Waals surface area contributed by atoms with Gasteiger partial charge in [-0.05, 0) is 64.2 Å². The van der Waals surface area contributed by atoms with E-state index in [9.17, 15) is 43.8 Å². The first-order valence-electron chi connectivity index (χ1n) is 26.3. The topological polar surface area (TPSA) is 225 Å². The Balaban J connectivity index is 3.92. The highest BCUT2D eigenvalue weighted by molar-refractivity contribution is 7.47. The van der Waals surface area contributed by atoms with E-state index in [-0.39, 0.29) is 12.8 Å². The fourth-order valence-electron chi connectivity index (χ4n) is 6.34. The monoisotopic (exact) mass is 1050 g/mol. The molecule has 0 heterocycles. The van der Waals surface area contributed by atoms with E-state index >= 15 is 0 Å². The lowest BCUT2D eigenvalue weighted by atomic mass is 10.0. The molecule has 0 aliphatic carbocycles. The molecule has 0 amide bonds. The molecule has 5 unspecified atom stereocenters. The van der Waals surface area contributed by atoms with Crippen LogP contribution in [0.3, 0.4) is 0 Å². The summed E-state index contributed by atoms with van der Waals surface area (Å²) in [5.74, 6) is -1.05. The van der Waals surface area contributed by atoms with Crippen molar-refractivity contribution >= 4 is 27.6 Å². The van der Waals surface area contributed by atoms with Crippen LogP contribution in [0.25, 0.3) is 0 Å². The number of carbonyl (C=O) groups excluding carboxylic acids is 2. The average Bonchev–Trinajstić information content (AvgIpc) is 3.36. The Morgan fingerprint density at radius 3 is 1.08 bits per heavy atom. The second-order valence-electron chi connectivity index (χ2n) is 17.3. The Bertz CT molecular complexity index is 1700. The normalized spacial score (nSPS) is 15.7. The number of allylic oxidation sites excluding steroid dienone is 18. The number of rotatable bonds is 49. The number of aliphatic hydroxyl groups is 3. The summed E-state index contributed by atoms with van der Waals surface area (Å²) >= 11 is 0. The van der Waals surface area contributed by atoms with Gasteiger partial charge in [0.25, 0.3) is 0 Å². The minimum atomic E-state index is -4.81. The van der Waals surface area contributed by atoms with Crippen LogP contribution >= 0.6 is 15.6 Å². The quantitative estimate of drug-likeness (QED) is 0.0126. The highest BCUT2D eigenvalue weighted by Gasteiger charge is 2.28. The van der Waals surface area contributed by atoms with Crippen molar-refractivity contribution in [3.63, 3.8) is 0 Å². The molecule has 0 aromatic heterocycles. The zero-order valence-corrected chi connectivity index (χ0v) is 45.3. The smallest absolute Gasteiger partial charge is 0.463 e. The summed E-state index contributed by atoms with van der Waals surface area (Å²) in [5, 5.41) is 30.1. The molecule has 0 aromatic carbocycles. The number of carbonyl (C=O) groups is 2. The van der Waals surface area contributed by atoms with Gasteiger partial charge in [-0.2, -0.15) is 0 Å². The van der Waals surface area contributed by atoms with Crippen molar-refractivity contribution in [2.24, 2.45) is 0 Å². The number of unbranched alkanes of at least 4 members (excludes halogenated alkanes) is 17. The van der Waals surface area contributed by atoms with E-state index in [4.69, 9.17) is 14.0 Å². The van der Waals surface area contributed by atoms with Crippen molar-refractivity contribution < 1.29 is 71.4 Å². The maximum absolute atomic E-state index is 12.2. The molecule has 412 valence electrons. The summed E-state index contributed by atoms with van der Waals surface area (Å²) in [6, 6.07) is 0. The maximum Gasteiger partial charge on any atom is 0.472 e. The summed E-state index contributed by atoms with van der Waals surface area (Å²) in [4.78, 5) is 43.9. The SMILES string of the molecule is CC/C=C/C=C/C=C\C=C\C=C\C=C\C=C\CCCCCC(=O)OCC(O)COP(=O)(O)OCC(O)COP(=O)(O)OCC(O)COC(=O)CCCCCCCCCCCCC/C=C\C/C=C\CCCCC. The second-order valence-corrected chi connectivity index (χ2v) is 20.2. The van der Waals surface area contributed by atoms with E-state index in [0.29, 0.717) is 12.8 Å². The van der Waals surface area contributed by atoms with Gasteiger partial charge in [0, 0.05) is 12.8 Å². The third-order valence-corrected chi connectivity index (χ3v) is 12.3. The molecule has 0 aliphatic heterocycles. The molecule has 0 bridgehead atoms. The van der Waals surface area contributed by atoms with Gasteiger partial charge in [0.1, 0.15) is 31.5 Å². The van der Waals surface area contributed by atoms with Crippen LogP contribution in [0.5, 0.6) is 0 Å². The first-order chi connectivity index (χ1) is 34.8. The number of esters is 2. The molecule has 72 heavy (non-hydrogen) atoms. The first-order valence-corrected chi connectivity index (χ1v) is 29.3. The van der Waals surface area contributed by atoms with Gasteiger partial charge in [0.15, 0.2) is 0 Å². The van der Waals surface area contributed by atoms with E-state index in [1.807, 2.05) is 79.0 Å². The van der Waals surface area contributed by atoms with Crippen molar-refractivity contribution in [2.75, 3.05) is 39.6 Å². The molecule has 15 nitrogen and oxygen atoms in total. The van der Waals surface area contributed by atoms with Crippen LogP contribution in [0, 0.1) is 0 Å². The van der Waals surface area contributed by atoms with Crippen molar-refractivity contribution in [3.05, 3.63) is 109 Å². The average molecular weight is 1060 g/mol. The number of aliphatic hydroxyl groups excluding tert-OH is 3. The molecule has 0 rings (SSSR count). The molecular weight excluding hydrogens is 963 g/mol. The molecule has 0 aromatic rings. The van der Waals surface area contributed by atoms with Gasteiger partial charge >= 0.3 is 27.6 Å². The van der Waals surface area contributed by atoms with Crippen molar-refractivity contribution in [1.29, 1.82) is 0 Å². The molecule has 0 radical (unpaired) electrons. The summed E-state index contributed by atoms with van der Waals surface area (Å²) in [6.07, 6.45) is 56.4. The molecule has 5 N–H and O–H groups in total. The number of phosphoric acid groups is 2. The number of hydrogen-bond acceptors (Lipinski definition) is 13. The van der Waals surface area contributed by atoms with Crippen LogP contribution in [0.1, 0.15) is 168 Å². The lowest BCUT2D eigenvalue weighted by molar-refractivity contribution is -0.148. The van der Waals surface area contributed by atoms with Crippen molar-refractivity contribution in [1.82, 2.24) is 0 Å². The molecule has 0 saturated heterocycles. The fraction of sp³-hybridized carbons (Fsp3) is 0.636. The maximum atomic E-state index is 12.2. The standard InChI is InChI=1S/C55H92O15P2/c1-3-5-7-9-11-13-15-17-19-21-23-24-26-28-30-32-34-36-38-40-42-44-55(60)66-46-52(57)48-68-72(63,64)70-50-53(58)49-69-71(61,62)67-47-51(56)45-65-54(59)43-41-39-37-35-33-31-29-27-25-22-20-18-16-14-12-10-8-6-4-2/h6,8,10-14,16-20,22,25,27,29,31,33,51-53,56-58H,3-5,7,9,15,21,23-24,26,28,30,32,34-50H2,1-2H3,(H,61,62)(H,63,64)/b8-6+,12-10+,13-11-,16-14-,19-17-,20-18+,25-22+,29-27+,33-31+. The number of hydrogen-bond donors (Lipinski definition) is 5. The highest BCUT2D eigenvalue weighted by Crippen LogP contribution is 2.45. The molecule has 0 saturated carbocycles. The van der Waals surface area contributed by atoms with Crippen LogP contribution in [-0.2, 0) is 46.3 Å². The van der Waals surface area contributed by atoms with E-state index in [1.165, 1.54) is 70.6 Å². The molecule has 0 fully saturated rings. The largest absolute Gasteiger partial charge is 0.472 e. The van der Waals surface area contributed by atoms with E-state index in [1.54, 1.807) is 0 Å². The van der Waals surface area contributed by atoms with Gasteiger partial charge in [-0.3, -0.25) is 27.7 Å². The van der Waals surface area contributed by atoms with E-state index in [0.717, 1.165) is 57.8 Å². The van der Waals surface area contributed by atoms with Gasteiger partial charge in [-0.25, -0.2) is 9.13 Å². The van der Waals surface area contributed by atoms with Crippen LogP contribution in [0.4, 0.5) is 0 Å². The lowest BCUT2D eigenvalue weighted by Crippen LogP contribution is -2.25. The van der Waals surface area contributed by atoms with Crippen LogP contribution in [0.15, 0.2) is 109 Å². The second kappa shape index (κ2) is 49.9. The van der Waals surface area contributed by atoms with Crippen molar-refractivity contribution in [3.8, 4) is 0 Å². The van der Waals surface area contributed by atoms with Crippen LogP contribution in [0.2, 0.25) is 0 Å². The third-order valence-electron chi connectivity index (χ3n) is 10.4. The third kappa shape index (κ3) is 51.6. The molecule has 17 heteroatoms. The van der Waals surface area contributed by atoms with Crippen LogP contribution in [-0.4, -0.2) is 95.0 Å². The zero-order valence-electron chi connectivity index (χ0n) is 43.6. The fourth-order valence-corrected chi connectivity index (χ4v) is 7.93. The molecule has 0 aliphatic rings. The lowest BCUT2D eigenvalue weighted by Gasteiger charge is -2.19. The summed E-state index contributed by atoms with van der Waals surface area (Å²) in [5.41, 5.74) is 0. The minimum absolute atomic E-state index is 0.137. The molecular formula is C55H92O15P2. The Morgan fingerprint density at radius 1 is 0.389 bits per heavy atom. The van der Waals surface area contributed by atoms with E-state index in [2.05, 4.69) is 57.8 Å². The molecule has 5 atom stereocenters. The van der Waals surface area contributed by atoms with Gasteiger partial charge < -0.3 is 34.6 Å². The Morgan fingerprint density at radius 2 is 0.694 bits per heavy atom. The predicted octanol–water partition coefficient (Wildman–Crippen LogP) is 12.8. The predicted molar refractivity (Wildman–Crippen MR) is 288 cm³/mol. The Kier molecular flexibility index (Phi) is 47.6. The summed E-state index contributed by atoms with van der Waals surface area (Å²) in [6.45, 7) is 0.182. The summed E-state index contributed by atoms with van der Waals surface area (Å²) < 4.78 is 53.1. The van der Waals surface area contributed by atoms with E-state index < -0.39 is 85.5 Å². The Labute approximate surface area is 432 Å². The van der Waals surface area contributed by atoms with Gasteiger partial charge in [-0.1, -0.05) is 200 Å². The molecule has 0 spiro atoms.